The zero-order valence-electron chi connectivity index (χ0n) is 11.6. The third-order valence-corrected chi connectivity index (χ3v) is 2.76. The molecule has 4 heteroatoms. The lowest BCUT2D eigenvalue weighted by Crippen LogP contribution is -2.12. The van der Waals surface area contributed by atoms with Crippen LogP contribution in [0.4, 0.5) is 5.69 Å². The molecule has 0 saturated carbocycles. The Kier molecular flexibility index (Phi) is 3.57. The van der Waals surface area contributed by atoms with Crippen molar-refractivity contribution >= 4 is 16.6 Å². The van der Waals surface area contributed by atoms with Crippen molar-refractivity contribution in [1.82, 2.24) is 4.98 Å². The van der Waals surface area contributed by atoms with Crippen molar-refractivity contribution in [2.24, 2.45) is 0 Å². The van der Waals surface area contributed by atoms with Crippen LogP contribution in [0.25, 0.3) is 10.9 Å². The van der Waals surface area contributed by atoms with Crippen LogP contribution in [0.15, 0.2) is 24.4 Å². The molecule has 19 heavy (non-hydrogen) atoms. The smallest absolute Gasteiger partial charge is 0.145 e. The summed E-state index contributed by atoms with van der Waals surface area (Å²) in [6, 6.07) is 7.98. The van der Waals surface area contributed by atoms with Crippen LogP contribution in [0.3, 0.4) is 0 Å². The van der Waals surface area contributed by atoms with Gasteiger partial charge in [0.1, 0.15) is 17.3 Å². The quantitative estimate of drug-likeness (QED) is 0.846. The highest BCUT2D eigenvalue weighted by molar-refractivity contribution is 5.97. The molecule has 4 nitrogen and oxygen atoms in total. The van der Waals surface area contributed by atoms with Crippen LogP contribution in [-0.4, -0.2) is 25.2 Å². The Morgan fingerprint density at radius 2 is 2.05 bits per heavy atom. The second-order valence-corrected chi connectivity index (χ2v) is 4.85. The van der Waals surface area contributed by atoms with E-state index in [-0.39, 0.29) is 6.10 Å². The number of ether oxygens (including phenoxy) is 1. The average Bonchev–Trinajstić information content (AvgIpc) is 2.36. The Morgan fingerprint density at radius 3 is 2.63 bits per heavy atom. The summed E-state index contributed by atoms with van der Waals surface area (Å²) < 4.78 is 5.77. The highest BCUT2D eigenvalue weighted by Crippen LogP contribution is 2.33. The molecule has 2 rings (SSSR count). The molecule has 1 heterocycles. The number of para-hydroxylation sites is 1. The largest absolute Gasteiger partial charge is 0.489 e. The van der Waals surface area contributed by atoms with E-state index in [1.54, 1.807) is 6.20 Å². The molecule has 1 aromatic heterocycles. The summed E-state index contributed by atoms with van der Waals surface area (Å²) in [4.78, 5) is 6.31. The molecular weight excluding hydrogens is 238 g/mol. The van der Waals surface area contributed by atoms with Gasteiger partial charge in [0.25, 0.3) is 0 Å². The van der Waals surface area contributed by atoms with Crippen LogP contribution in [0.5, 0.6) is 5.75 Å². The molecule has 0 amide bonds. The summed E-state index contributed by atoms with van der Waals surface area (Å²) in [6.07, 6.45) is 1.69. The molecule has 2 aromatic rings. The van der Waals surface area contributed by atoms with Crippen LogP contribution in [0.1, 0.15) is 19.4 Å². The molecule has 0 aliphatic rings. The zero-order chi connectivity index (χ0) is 14.0. The van der Waals surface area contributed by atoms with E-state index < -0.39 is 0 Å². The normalized spacial score (nSPS) is 10.5. The first-order valence-corrected chi connectivity index (χ1v) is 6.20. The summed E-state index contributed by atoms with van der Waals surface area (Å²) in [5.41, 5.74) is 2.24. The van der Waals surface area contributed by atoms with Crippen molar-refractivity contribution in [3.05, 3.63) is 30.0 Å². The fraction of sp³-hybridized carbons (Fsp3) is 0.333. The number of hydrogen-bond donors (Lipinski definition) is 0. The first kappa shape index (κ1) is 13.2. The Balaban J connectivity index is 2.74. The van der Waals surface area contributed by atoms with E-state index in [2.05, 4.69) is 11.1 Å². The summed E-state index contributed by atoms with van der Waals surface area (Å²) in [6.45, 7) is 3.96. The van der Waals surface area contributed by atoms with Gasteiger partial charge in [0.05, 0.1) is 17.4 Å². The van der Waals surface area contributed by atoms with Gasteiger partial charge in [0.2, 0.25) is 0 Å². The predicted octanol–water partition coefficient (Wildman–Crippen LogP) is 2.96. The van der Waals surface area contributed by atoms with Crippen molar-refractivity contribution in [3.8, 4) is 11.8 Å². The number of rotatable bonds is 3. The van der Waals surface area contributed by atoms with Crippen LogP contribution in [0.2, 0.25) is 0 Å². The van der Waals surface area contributed by atoms with Gasteiger partial charge in [-0.05, 0) is 19.9 Å². The minimum Gasteiger partial charge on any atom is -0.489 e. The second-order valence-electron chi connectivity index (χ2n) is 4.85. The maximum Gasteiger partial charge on any atom is 0.145 e. The van der Waals surface area contributed by atoms with Gasteiger partial charge < -0.3 is 9.64 Å². The standard InChI is InChI=1S/C15H17N3O/c1-10(2)19-13-7-5-6-12-14(13)17-9-11(8-16)15(12)18(3)4/h5-7,9-10H,1-4H3. The van der Waals surface area contributed by atoms with Crippen LogP contribution in [0, 0.1) is 11.3 Å². The number of fused-ring (bicyclic) bond motifs is 1. The third kappa shape index (κ3) is 2.45. The van der Waals surface area contributed by atoms with Gasteiger partial charge in [-0.15, -0.1) is 0 Å². The number of nitrogens with zero attached hydrogens (tertiary/aromatic N) is 3. The lowest BCUT2D eigenvalue weighted by atomic mass is 10.1. The van der Waals surface area contributed by atoms with Crippen molar-refractivity contribution < 1.29 is 4.74 Å². The summed E-state index contributed by atoms with van der Waals surface area (Å²) in [5.74, 6) is 0.750. The molecule has 0 spiro atoms. The zero-order valence-corrected chi connectivity index (χ0v) is 11.6. The lowest BCUT2D eigenvalue weighted by Gasteiger charge is -2.18. The van der Waals surface area contributed by atoms with Crippen molar-refractivity contribution in [2.75, 3.05) is 19.0 Å². The fourth-order valence-electron chi connectivity index (χ4n) is 2.09. The molecule has 0 saturated heterocycles. The molecule has 0 aliphatic heterocycles. The van der Waals surface area contributed by atoms with Gasteiger partial charge in [-0.1, -0.05) is 12.1 Å². The minimum atomic E-state index is 0.0887. The van der Waals surface area contributed by atoms with E-state index in [0.717, 1.165) is 22.3 Å². The highest BCUT2D eigenvalue weighted by atomic mass is 16.5. The third-order valence-electron chi connectivity index (χ3n) is 2.76. The SMILES string of the molecule is CC(C)Oc1cccc2c(N(C)C)c(C#N)cnc12. The molecule has 0 bridgehead atoms. The van der Waals surface area contributed by atoms with Gasteiger partial charge in [-0.25, -0.2) is 0 Å². The van der Waals surface area contributed by atoms with Crippen molar-refractivity contribution in [2.45, 2.75) is 20.0 Å². The Labute approximate surface area is 113 Å². The number of nitriles is 1. The van der Waals surface area contributed by atoms with Gasteiger partial charge >= 0.3 is 0 Å². The monoisotopic (exact) mass is 255 g/mol. The highest BCUT2D eigenvalue weighted by Gasteiger charge is 2.14. The molecule has 0 unspecified atom stereocenters. The van der Waals surface area contributed by atoms with E-state index in [1.807, 2.05) is 51.0 Å². The molecule has 0 atom stereocenters. The number of benzene rings is 1. The van der Waals surface area contributed by atoms with Crippen LogP contribution < -0.4 is 9.64 Å². The number of pyridine rings is 1. The van der Waals surface area contributed by atoms with E-state index in [1.165, 1.54) is 0 Å². The van der Waals surface area contributed by atoms with E-state index in [4.69, 9.17) is 4.74 Å². The second kappa shape index (κ2) is 5.15. The molecule has 0 radical (unpaired) electrons. The number of anilines is 1. The fourth-order valence-corrected chi connectivity index (χ4v) is 2.09. The summed E-state index contributed by atoms with van der Waals surface area (Å²) in [5, 5.41) is 10.1. The van der Waals surface area contributed by atoms with Gasteiger partial charge in [-0.3, -0.25) is 4.98 Å². The lowest BCUT2D eigenvalue weighted by molar-refractivity contribution is 0.245. The molecule has 0 fully saturated rings. The van der Waals surface area contributed by atoms with E-state index >= 15 is 0 Å². The number of aromatic nitrogens is 1. The molecular formula is C15H17N3O. The molecule has 0 aliphatic carbocycles. The van der Waals surface area contributed by atoms with E-state index in [9.17, 15) is 5.26 Å². The molecule has 0 N–H and O–H groups in total. The Morgan fingerprint density at radius 1 is 1.32 bits per heavy atom. The van der Waals surface area contributed by atoms with Crippen molar-refractivity contribution in [3.63, 3.8) is 0 Å². The van der Waals surface area contributed by atoms with E-state index in [0.29, 0.717) is 5.56 Å². The van der Waals surface area contributed by atoms with Crippen molar-refractivity contribution in [1.29, 1.82) is 5.26 Å². The first-order valence-electron chi connectivity index (χ1n) is 6.20. The Hall–Kier alpha value is -2.28. The minimum absolute atomic E-state index is 0.0887. The molecule has 98 valence electrons. The first-order chi connectivity index (χ1) is 9.04. The van der Waals surface area contributed by atoms with Gasteiger partial charge in [0, 0.05) is 25.7 Å². The van der Waals surface area contributed by atoms with Crippen LogP contribution in [-0.2, 0) is 0 Å². The van der Waals surface area contributed by atoms with Crippen LogP contribution >= 0.6 is 0 Å². The Bertz CT molecular complexity index is 642. The maximum atomic E-state index is 9.19. The van der Waals surface area contributed by atoms with Gasteiger partial charge in [-0.2, -0.15) is 5.26 Å². The summed E-state index contributed by atoms with van der Waals surface area (Å²) in [7, 11) is 3.84. The maximum absolute atomic E-state index is 9.19. The summed E-state index contributed by atoms with van der Waals surface area (Å²) >= 11 is 0. The number of hydrogen-bond acceptors (Lipinski definition) is 4. The van der Waals surface area contributed by atoms with Gasteiger partial charge in [0.15, 0.2) is 0 Å². The predicted molar refractivity (Wildman–Crippen MR) is 76.5 cm³/mol. The molecule has 1 aromatic carbocycles. The topological polar surface area (TPSA) is 49.1 Å². The average molecular weight is 255 g/mol.